The molecule has 116 valence electrons. The van der Waals surface area contributed by atoms with Gasteiger partial charge in [-0.1, -0.05) is 0 Å². The molecule has 1 unspecified atom stereocenters. The van der Waals surface area contributed by atoms with Gasteiger partial charge in [-0.3, -0.25) is 0 Å². The molecule has 0 aliphatic carbocycles. The van der Waals surface area contributed by atoms with Gasteiger partial charge in [0.15, 0.2) is 6.23 Å². The predicted octanol–water partition coefficient (Wildman–Crippen LogP) is 1.97. The number of ether oxygens (including phenoxy) is 2. The average molecular weight is 325 g/mol. The molecule has 1 aromatic rings. The van der Waals surface area contributed by atoms with Crippen molar-refractivity contribution in [2.75, 3.05) is 14.2 Å². The number of methoxy groups -OCH3 is 2. The fourth-order valence-corrected chi connectivity index (χ4v) is 2.21. The highest BCUT2D eigenvalue weighted by molar-refractivity contribution is 7.87. The Kier molecular flexibility index (Phi) is 3.85. The normalized spacial score (nSPS) is 18.1. The summed E-state index contributed by atoms with van der Waals surface area (Å²) in [6.45, 7) is 0. The van der Waals surface area contributed by atoms with Crippen LogP contribution in [0.25, 0.3) is 0 Å². The molecule has 1 atom stereocenters. The van der Waals surface area contributed by atoms with Gasteiger partial charge in [-0.15, -0.1) is 0 Å². The van der Waals surface area contributed by atoms with Crippen LogP contribution in [0.5, 0.6) is 5.75 Å². The van der Waals surface area contributed by atoms with E-state index in [-0.39, 0.29) is 11.5 Å². The molecular weight excluding hydrogens is 315 g/mol. The van der Waals surface area contributed by atoms with Crippen LogP contribution in [0.15, 0.2) is 23.2 Å². The minimum atomic E-state index is -5.77. The van der Waals surface area contributed by atoms with Crippen LogP contribution in [0.1, 0.15) is 17.4 Å². The Balaban J connectivity index is 2.40. The van der Waals surface area contributed by atoms with Crippen LogP contribution in [0.2, 0.25) is 0 Å². The fraction of sp³-hybridized carbons (Fsp3) is 0.364. The fourth-order valence-electron chi connectivity index (χ4n) is 1.72. The summed E-state index contributed by atoms with van der Waals surface area (Å²) in [6.07, 6.45) is -1.65. The first-order valence-electron chi connectivity index (χ1n) is 5.49. The van der Waals surface area contributed by atoms with E-state index in [9.17, 15) is 21.6 Å². The quantitative estimate of drug-likeness (QED) is 0.627. The zero-order chi connectivity index (χ0) is 15.8. The van der Waals surface area contributed by atoms with Crippen molar-refractivity contribution < 1.29 is 35.2 Å². The molecule has 1 aliphatic rings. The Bertz CT molecular complexity index is 684. The maximum atomic E-state index is 12.3. The maximum Gasteiger partial charge on any atom is 0.523 e. The summed E-state index contributed by atoms with van der Waals surface area (Å²) in [4.78, 5) is 3.69. The molecule has 1 aliphatic heterocycles. The number of benzene rings is 1. The van der Waals surface area contributed by atoms with E-state index in [0.717, 1.165) is 0 Å². The number of hydrogen-bond acceptors (Lipinski definition) is 6. The smallest absolute Gasteiger partial charge is 0.497 e. The van der Waals surface area contributed by atoms with Crippen molar-refractivity contribution in [3.63, 3.8) is 0 Å². The van der Waals surface area contributed by atoms with E-state index in [1.165, 1.54) is 32.4 Å². The Morgan fingerprint density at radius 1 is 1.19 bits per heavy atom. The minimum Gasteiger partial charge on any atom is -0.497 e. The number of hydrogen-bond donors (Lipinski definition) is 0. The topological polar surface area (TPSA) is 74.2 Å². The molecule has 1 heterocycles. The number of rotatable bonds is 3. The molecule has 0 amide bonds. The number of aliphatic imine (C=N–C) groups is 1. The number of halogens is 3. The molecule has 0 N–H and O–H groups in total. The number of nitrogens with zero attached hydrogens (tertiary/aromatic N) is 1. The summed E-state index contributed by atoms with van der Waals surface area (Å²) in [6, 6.07) is 4.27. The average Bonchev–Trinajstić information content (AvgIpc) is 2.74. The molecule has 2 rings (SSSR count). The Labute approximate surface area is 118 Å². The number of fused-ring (bicyclic) bond motifs is 1. The van der Waals surface area contributed by atoms with E-state index in [1.54, 1.807) is 0 Å². The summed E-state index contributed by atoms with van der Waals surface area (Å²) in [5, 5.41) is 0. The molecule has 0 bridgehead atoms. The summed E-state index contributed by atoms with van der Waals surface area (Å²) in [5.74, 6) is 0.379. The van der Waals surface area contributed by atoms with Gasteiger partial charge in [-0.2, -0.15) is 21.6 Å². The first-order valence-corrected chi connectivity index (χ1v) is 6.90. The van der Waals surface area contributed by atoms with Crippen LogP contribution >= 0.6 is 0 Å². The van der Waals surface area contributed by atoms with Crippen LogP contribution in [0, 0.1) is 0 Å². The highest BCUT2D eigenvalue weighted by atomic mass is 32.2. The predicted molar refractivity (Wildman–Crippen MR) is 65.3 cm³/mol. The van der Waals surface area contributed by atoms with Crippen molar-refractivity contribution in [3.8, 4) is 5.75 Å². The third-order valence-corrected chi connectivity index (χ3v) is 3.69. The number of alkyl halides is 3. The third kappa shape index (κ3) is 2.81. The zero-order valence-corrected chi connectivity index (χ0v) is 11.7. The van der Waals surface area contributed by atoms with Gasteiger partial charge in [0.2, 0.25) is 5.90 Å². The molecule has 0 saturated heterocycles. The van der Waals surface area contributed by atoms with E-state index in [2.05, 4.69) is 9.18 Å². The first kappa shape index (κ1) is 15.6. The highest BCUT2D eigenvalue weighted by Gasteiger charge is 2.49. The van der Waals surface area contributed by atoms with Gasteiger partial charge in [-0.25, -0.2) is 9.18 Å². The van der Waals surface area contributed by atoms with Crippen molar-refractivity contribution in [2.45, 2.75) is 11.7 Å². The largest absolute Gasteiger partial charge is 0.523 e. The van der Waals surface area contributed by atoms with E-state index in [4.69, 9.17) is 9.47 Å². The van der Waals surface area contributed by atoms with Gasteiger partial charge in [0.05, 0.1) is 14.2 Å². The molecule has 0 spiro atoms. The Hall–Kier alpha value is -1.81. The lowest BCUT2D eigenvalue weighted by Gasteiger charge is -2.13. The van der Waals surface area contributed by atoms with Crippen molar-refractivity contribution in [2.24, 2.45) is 4.99 Å². The summed E-state index contributed by atoms with van der Waals surface area (Å²) < 4.78 is 73.2. The van der Waals surface area contributed by atoms with Crippen molar-refractivity contribution >= 4 is 16.0 Å². The van der Waals surface area contributed by atoms with Gasteiger partial charge in [0, 0.05) is 11.1 Å². The summed E-state index contributed by atoms with van der Waals surface area (Å²) in [7, 11) is -3.11. The lowest BCUT2D eigenvalue weighted by Crippen LogP contribution is -2.26. The van der Waals surface area contributed by atoms with Crippen LogP contribution in [-0.4, -0.2) is 34.0 Å². The highest BCUT2D eigenvalue weighted by Crippen LogP contribution is 2.37. The van der Waals surface area contributed by atoms with Gasteiger partial charge in [0.1, 0.15) is 5.75 Å². The second-order valence-corrected chi connectivity index (χ2v) is 5.50. The van der Waals surface area contributed by atoms with Crippen LogP contribution in [0.4, 0.5) is 13.2 Å². The van der Waals surface area contributed by atoms with E-state index in [0.29, 0.717) is 11.3 Å². The zero-order valence-electron chi connectivity index (χ0n) is 10.8. The molecule has 0 saturated carbocycles. The van der Waals surface area contributed by atoms with Gasteiger partial charge >= 0.3 is 15.6 Å². The second-order valence-electron chi connectivity index (χ2n) is 3.94. The van der Waals surface area contributed by atoms with Crippen molar-refractivity contribution in [3.05, 3.63) is 29.3 Å². The minimum absolute atomic E-state index is 0.0359. The Morgan fingerprint density at radius 3 is 2.38 bits per heavy atom. The molecule has 1 aromatic carbocycles. The maximum absolute atomic E-state index is 12.3. The Morgan fingerprint density at radius 2 is 1.86 bits per heavy atom. The standard InChI is InChI=1S/C11H10F3NO5S/c1-18-6-3-4-7-8(5-6)9(19-2)15-10(7)20-21(16,17)11(12,13)14/h3-5,10H,1-2H3. The molecule has 10 heteroatoms. The van der Waals surface area contributed by atoms with Crippen molar-refractivity contribution in [1.82, 2.24) is 0 Å². The summed E-state index contributed by atoms with van der Waals surface area (Å²) in [5.41, 5.74) is -5.08. The SMILES string of the molecule is COC1=NC(OS(=O)(=O)C(F)(F)F)c2ccc(OC)cc21. The van der Waals surface area contributed by atoms with Crippen LogP contribution in [0.3, 0.4) is 0 Å². The molecule has 6 nitrogen and oxygen atoms in total. The monoisotopic (exact) mass is 325 g/mol. The molecule has 21 heavy (non-hydrogen) atoms. The van der Waals surface area contributed by atoms with Crippen LogP contribution < -0.4 is 4.74 Å². The molecule has 0 radical (unpaired) electrons. The first-order chi connectivity index (χ1) is 9.69. The van der Waals surface area contributed by atoms with Crippen LogP contribution in [-0.2, 0) is 19.0 Å². The van der Waals surface area contributed by atoms with Crippen molar-refractivity contribution in [1.29, 1.82) is 0 Å². The second kappa shape index (κ2) is 5.19. The molecule has 0 aromatic heterocycles. The molecular formula is C11H10F3NO5S. The lowest BCUT2D eigenvalue weighted by atomic mass is 10.1. The van der Waals surface area contributed by atoms with Gasteiger partial charge in [0.25, 0.3) is 0 Å². The van der Waals surface area contributed by atoms with Gasteiger partial charge < -0.3 is 9.47 Å². The van der Waals surface area contributed by atoms with Gasteiger partial charge in [-0.05, 0) is 18.2 Å². The third-order valence-electron chi connectivity index (χ3n) is 2.69. The van der Waals surface area contributed by atoms with E-state index >= 15 is 0 Å². The lowest BCUT2D eigenvalue weighted by molar-refractivity contribution is -0.0571. The molecule has 0 fully saturated rings. The van der Waals surface area contributed by atoms with E-state index < -0.39 is 21.9 Å². The van der Waals surface area contributed by atoms with E-state index in [1.807, 2.05) is 0 Å². The summed E-state index contributed by atoms with van der Waals surface area (Å²) >= 11 is 0.